The Morgan fingerprint density at radius 3 is 1.48 bits per heavy atom. The van der Waals surface area contributed by atoms with Gasteiger partial charge in [-0.1, -0.05) is 30.0 Å². The summed E-state index contributed by atoms with van der Waals surface area (Å²) in [7, 11) is 0. The van der Waals surface area contributed by atoms with Crippen LogP contribution in [-0.2, 0) is 20.1 Å². The third-order valence-electron chi connectivity index (χ3n) is 8.29. The van der Waals surface area contributed by atoms with Crippen LogP contribution >= 0.6 is 0 Å². The molecule has 4 heterocycles. The van der Waals surface area contributed by atoms with Crippen LogP contribution < -0.4 is 14.2 Å². The Bertz CT molecular complexity index is 2190. The van der Waals surface area contributed by atoms with Crippen LogP contribution in [0.1, 0.15) is 22.8 Å². The number of hydrogen-bond donors (Lipinski definition) is 0. The van der Waals surface area contributed by atoms with Crippen LogP contribution in [-0.4, -0.2) is 19.2 Å². The van der Waals surface area contributed by atoms with E-state index in [1.807, 2.05) is 52.0 Å². The Hall–Kier alpha value is -5.97. The third-order valence-corrected chi connectivity index (χ3v) is 8.29. The minimum Gasteiger partial charge on any atom is -0.574 e. The van der Waals surface area contributed by atoms with Crippen LogP contribution in [0.15, 0.2) is 122 Å². The zero-order valence-electron chi connectivity index (χ0n) is 29.5. The number of aromatic nitrogens is 7. The molecule has 0 saturated heterocycles. The first-order valence-electron chi connectivity index (χ1n) is 16.4. The average molecular weight is 903 g/mol. The van der Waals surface area contributed by atoms with Gasteiger partial charge in [-0.15, -0.1) is 24.3 Å². The fourth-order valence-corrected chi connectivity index (χ4v) is 5.35. The summed E-state index contributed by atoms with van der Waals surface area (Å²) in [6, 6.07) is 34.5. The Morgan fingerprint density at radius 1 is 0.574 bits per heavy atom. The van der Waals surface area contributed by atoms with E-state index in [-0.39, 0.29) is 43.4 Å². The maximum absolute atomic E-state index is 13.4. The summed E-state index contributed by atoms with van der Waals surface area (Å²) >= 11 is 0. The number of nitrogens with zero attached hydrogens (tertiary/aromatic N) is 7. The standard InChI is InChI=1S/2C17H13F2N2.C8H6N3.Ir/c2*1-12-13(2)21(17-8-4-6-15(19)10-17)11-20(12)16-7-3-5-14(18)9-16;1-2-5-9-7(3-1)8-4-6-10-11-8;/h2*3-7,9-10H,1-2H3;1-6H;/q3*-1;. The molecule has 54 heavy (non-hydrogen) atoms. The number of rotatable bonds is 5. The van der Waals surface area contributed by atoms with Crippen LogP contribution in [0, 0.1) is 75.8 Å². The van der Waals surface area contributed by atoms with E-state index in [9.17, 15) is 17.6 Å². The molecule has 0 saturated carbocycles. The Kier molecular flexibility index (Phi) is 12.9. The SMILES string of the molecule is Cc1c(C)[n+](-c2cccc(F)c2)[c-]n1-c1[c-]ccc(F)c1.Cc1c(C)[n+](-c2cccc(F)c2)[c-]n1-c1[c-]ccc(F)c1.[Ir].c1ccc(-c2ccn[n-]2)nc1. The molecule has 8 aromatic rings. The summed E-state index contributed by atoms with van der Waals surface area (Å²) in [5.74, 6) is -1.29. The van der Waals surface area contributed by atoms with Crippen LogP contribution in [0.4, 0.5) is 17.6 Å². The van der Waals surface area contributed by atoms with E-state index < -0.39 is 0 Å². The minimum absolute atomic E-state index is 0. The quantitative estimate of drug-likeness (QED) is 0.102. The van der Waals surface area contributed by atoms with Gasteiger partial charge in [0.1, 0.15) is 11.6 Å². The number of halogens is 4. The van der Waals surface area contributed by atoms with Gasteiger partial charge in [-0.05, 0) is 87.6 Å². The minimum atomic E-state index is -0.333. The van der Waals surface area contributed by atoms with Gasteiger partial charge in [0.15, 0.2) is 0 Å². The monoisotopic (exact) mass is 903 g/mol. The molecule has 0 bridgehead atoms. The van der Waals surface area contributed by atoms with Gasteiger partial charge in [-0.25, -0.2) is 17.6 Å². The number of imidazole rings is 2. The molecule has 8 rings (SSSR count). The predicted molar refractivity (Wildman–Crippen MR) is 190 cm³/mol. The number of benzene rings is 4. The maximum Gasteiger partial charge on any atom is 0.267 e. The second kappa shape index (κ2) is 17.7. The first-order valence-corrected chi connectivity index (χ1v) is 16.4. The Morgan fingerprint density at radius 2 is 1.07 bits per heavy atom. The fraction of sp³-hybridized carbons (Fsp3) is 0.0952. The van der Waals surface area contributed by atoms with Crippen molar-refractivity contribution < 1.29 is 46.8 Å². The van der Waals surface area contributed by atoms with Crippen molar-refractivity contribution in [3.05, 3.63) is 192 Å². The molecule has 0 aliphatic heterocycles. The van der Waals surface area contributed by atoms with Gasteiger partial charge in [0, 0.05) is 61.2 Å². The molecule has 4 aromatic carbocycles. The van der Waals surface area contributed by atoms with Crippen LogP contribution in [0.5, 0.6) is 0 Å². The van der Waals surface area contributed by atoms with Gasteiger partial charge in [0.2, 0.25) is 0 Å². The van der Waals surface area contributed by atoms with Crippen molar-refractivity contribution in [3.8, 4) is 34.1 Å². The van der Waals surface area contributed by atoms with E-state index in [2.05, 4.69) is 40.0 Å². The molecule has 275 valence electrons. The summed E-state index contributed by atoms with van der Waals surface area (Å²) in [5.41, 5.74) is 7.74. The van der Waals surface area contributed by atoms with Gasteiger partial charge < -0.3 is 19.3 Å². The van der Waals surface area contributed by atoms with Crippen LogP contribution in [0.3, 0.4) is 0 Å². The van der Waals surface area contributed by atoms with Gasteiger partial charge in [0.05, 0.1) is 22.8 Å². The summed E-state index contributed by atoms with van der Waals surface area (Å²) < 4.78 is 60.4. The molecule has 0 aliphatic carbocycles. The van der Waals surface area contributed by atoms with Gasteiger partial charge >= 0.3 is 0 Å². The molecule has 0 unspecified atom stereocenters. The largest absolute Gasteiger partial charge is 0.574 e. The zero-order chi connectivity index (χ0) is 37.5. The Balaban J connectivity index is 0.000000162. The molecule has 12 heteroatoms. The first kappa shape index (κ1) is 39.2. The zero-order valence-corrected chi connectivity index (χ0v) is 31.9. The molecular weight excluding hydrogens is 871 g/mol. The molecule has 4 aromatic heterocycles. The number of hydrogen-bond acceptors (Lipinski definition) is 2. The third kappa shape index (κ3) is 9.14. The maximum atomic E-state index is 13.4. The average Bonchev–Trinajstić information content (AvgIpc) is 3.88. The molecule has 0 amide bonds. The topological polar surface area (TPSA) is 57.5 Å². The summed E-state index contributed by atoms with van der Waals surface area (Å²) in [6.45, 7) is 7.62. The van der Waals surface area contributed by atoms with Crippen molar-refractivity contribution in [2.45, 2.75) is 27.7 Å². The van der Waals surface area contributed by atoms with E-state index in [1.54, 1.807) is 54.9 Å². The number of pyridine rings is 1. The molecule has 0 N–H and O–H groups in total. The van der Waals surface area contributed by atoms with E-state index in [1.165, 1.54) is 60.7 Å². The molecule has 0 aliphatic rings. The van der Waals surface area contributed by atoms with E-state index >= 15 is 0 Å². The molecule has 0 fully saturated rings. The van der Waals surface area contributed by atoms with E-state index in [0.717, 1.165) is 34.2 Å². The van der Waals surface area contributed by atoms with Crippen LogP contribution in [0.25, 0.3) is 34.1 Å². The van der Waals surface area contributed by atoms with E-state index in [0.29, 0.717) is 22.7 Å². The molecule has 1 radical (unpaired) electrons. The van der Waals surface area contributed by atoms with Gasteiger partial charge in [-0.3, -0.25) is 14.1 Å². The fourth-order valence-electron chi connectivity index (χ4n) is 5.35. The van der Waals surface area contributed by atoms with Crippen molar-refractivity contribution in [1.82, 2.24) is 24.3 Å². The molecule has 0 atom stereocenters. The first-order chi connectivity index (χ1) is 25.6. The smallest absolute Gasteiger partial charge is 0.267 e. The molecule has 0 spiro atoms. The van der Waals surface area contributed by atoms with Crippen molar-refractivity contribution in [2.24, 2.45) is 0 Å². The second-order valence-corrected chi connectivity index (χ2v) is 11.8. The van der Waals surface area contributed by atoms with Crippen LogP contribution in [0.2, 0.25) is 0 Å². The molecular formula is C42H32F4IrN7-3. The van der Waals surface area contributed by atoms with Crippen molar-refractivity contribution in [3.63, 3.8) is 0 Å². The molecule has 7 nitrogen and oxygen atoms in total. The summed E-state index contributed by atoms with van der Waals surface area (Å²) in [6.07, 6.45) is 9.61. The Labute approximate surface area is 324 Å². The summed E-state index contributed by atoms with van der Waals surface area (Å²) in [4.78, 5) is 4.12. The van der Waals surface area contributed by atoms with Gasteiger partial charge in [-0.2, -0.15) is 24.3 Å². The van der Waals surface area contributed by atoms with Crippen molar-refractivity contribution >= 4 is 0 Å². The van der Waals surface area contributed by atoms with Gasteiger partial charge in [0.25, 0.3) is 12.7 Å². The summed E-state index contributed by atoms with van der Waals surface area (Å²) in [5, 5.41) is 7.58. The van der Waals surface area contributed by atoms with Crippen molar-refractivity contribution in [1.29, 1.82) is 0 Å². The predicted octanol–water partition coefficient (Wildman–Crippen LogP) is 7.60. The second-order valence-electron chi connectivity index (χ2n) is 11.8. The normalized spacial score (nSPS) is 10.4. The van der Waals surface area contributed by atoms with E-state index in [4.69, 9.17) is 0 Å². The van der Waals surface area contributed by atoms with Crippen molar-refractivity contribution in [2.75, 3.05) is 0 Å².